The van der Waals surface area contributed by atoms with Gasteiger partial charge < -0.3 is 10.1 Å². The first-order valence-corrected chi connectivity index (χ1v) is 5.53. The van der Waals surface area contributed by atoms with Crippen LogP contribution in [0, 0.1) is 10.1 Å². The third-order valence-corrected chi connectivity index (χ3v) is 2.31. The van der Waals surface area contributed by atoms with Crippen molar-refractivity contribution in [2.24, 2.45) is 0 Å². The van der Waals surface area contributed by atoms with Gasteiger partial charge in [0.05, 0.1) is 23.6 Å². The molecule has 94 valence electrons. The first-order valence-electron chi connectivity index (χ1n) is 5.53. The lowest BCUT2D eigenvalue weighted by atomic mass is 10.2. The molecule has 1 heterocycles. The predicted octanol–water partition coefficient (Wildman–Crippen LogP) is 2.22. The molecule has 0 aliphatic carbocycles. The van der Waals surface area contributed by atoms with Gasteiger partial charge in [-0.15, -0.1) is 0 Å². The lowest BCUT2D eigenvalue weighted by molar-refractivity contribution is -0.384. The van der Waals surface area contributed by atoms with Crippen molar-refractivity contribution < 1.29 is 9.66 Å². The number of pyridine rings is 1. The van der Waals surface area contributed by atoms with Crippen LogP contribution in [0.3, 0.4) is 0 Å². The van der Waals surface area contributed by atoms with Crippen LogP contribution in [-0.2, 0) is 4.74 Å². The summed E-state index contributed by atoms with van der Waals surface area (Å²) in [7, 11) is 1.63. The number of nitro groups is 1. The quantitative estimate of drug-likeness (QED) is 0.583. The minimum absolute atomic E-state index is 0.0372. The number of nitrogens with one attached hydrogen (secondary N) is 1. The zero-order valence-electron chi connectivity index (χ0n) is 10.0. The fourth-order valence-electron chi connectivity index (χ4n) is 1.57. The Morgan fingerprint density at radius 2 is 2.41 bits per heavy atom. The van der Waals surface area contributed by atoms with Gasteiger partial charge in [0.2, 0.25) is 0 Å². The molecule has 0 bridgehead atoms. The zero-order valence-corrected chi connectivity index (χ0v) is 10.0. The molecule has 0 aromatic carbocycles. The summed E-state index contributed by atoms with van der Waals surface area (Å²) in [5.41, 5.74) is 0.0372. The molecule has 0 aliphatic rings. The van der Waals surface area contributed by atoms with Crippen LogP contribution >= 0.6 is 0 Å². The summed E-state index contributed by atoms with van der Waals surface area (Å²) in [5, 5.41) is 13.8. The molecule has 6 nitrogen and oxygen atoms in total. The topological polar surface area (TPSA) is 77.3 Å². The van der Waals surface area contributed by atoms with Crippen LogP contribution in [0.4, 0.5) is 11.5 Å². The van der Waals surface area contributed by atoms with Crippen molar-refractivity contribution in [1.82, 2.24) is 4.98 Å². The molecule has 6 heteroatoms. The van der Waals surface area contributed by atoms with Crippen LogP contribution in [0.25, 0.3) is 0 Å². The summed E-state index contributed by atoms with van der Waals surface area (Å²) in [6.45, 7) is 2.63. The average Bonchev–Trinajstić information content (AvgIpc) is 2.30. The summed E-state index contributed by atoms with van der Waals surface area (Å²) in [6, 6.07) is 2.92. The highest BCUT2D eigenvalue weighted by Crippen LogP contribution is 2.15. The van der Waals surface area contributed by atoms with E-state index in [1.54, 1.807) is 7.11 Å². The van der Waals surface area contributed by atoms with Crippen molar-refractivity contribution in [2.75, 3.05) is 19.0 Å². The van der Waals surface area contributed by atoms with Gasteiger partial charge in [0.25, 0.3) is 5.69 Å². The Morgan fingerprint density at radius 1 is 1.65 bits per heavy atom. The summed E-state index contributed by atoms with van der Waals surface area (Å²) in [4.78, 5) is 14.2. The maximum absolute atomic E-state index is 10.6. The van der Waals surface area contributed by atoms with Crippen molar-refractivity contribution in [3.63, 3.8) is 0 Å². The molecule has 0 saturated carbocycles. The smallest absolute Gasteiger partial charge is 0.274 e. The van der Waals surface area contributed by atoms with Crippen LogP contribution in [0.2, 0.25) is 0 Å². The van der Waals surface area contributed by atoms with E-state index < -0.39 is 4.92 Å². The summed E-state index contributed by atoms with van der Waals surface area (Å²) < 4.78 is 5.08. The molecule has 0 aliphatic heterocycles. The fraction of sp³-hybridized carbons (Fsp3) is 0.545. The second-order valence-electron chi connectivity index (χ2n) is 3.74. The highest BCUT2D eigenvalue weighted by atomic mass is 16.6. The molecule has 0 radical (unpaired) electrons. The van der Waals surface area contributed by atoms with Gasteiger partial charge in [-0.25, -0.2) is 4.98 Å². The lowest BCUT2D eigenvalue weighted by Crippen LogP contribution is -2.25. The SMILES string of the molecule is CCCC(COC)Nc1cc([N+](=O)[O-])ccn1. The van der Waals surface area contributed by atoms with Gasteiger partial charge >= 0.3 is 0 Å². The molecule has 1 aromatic rings. The van der Waals surface area contributed by atoms with E-state index >= 15 is 0 Å². The molecule has 1 rings (SSSR count). The summed E-state index contributed by atoms with van der Waals surface area (Å²) >= 11 is 0. The number of ether oxygens (including phenoxy) is 1. The Bertz CT molecular complexity index is 365. The van der Waals surface area contributed by atoms with Gasteiger partial charge in [0.1, 0.15) is 5.82 Å². The molecule has 0 amide bonds. The molecule has 17 heavy (non-hydrogen) atoms. The molecule has 1 N–H and O–H groups in total. The average molecular weight is 239 g/mol. The highest BCUT2D eigenvalue weighted by molar-refractivity contribution is 5.44. The number of hydrogen-bond acceptors (Lipinski definition) is 5. The number of rotatable bonds is 7. The van der Waals surface area contributed by atoms with Crippen LogP contribution in [-0.4, -0.2) is 29.7 Å². The molecule has 0 saturated heterocycles. The van der Waals surface area contributed by atoms with E-state index in [1.165, 1.54) is 18.3 Å². The summed E-state index contributed by atoms with van der Waals surface area (Å²) in [6.07, 6.45) is 3.37. The molecule has 1 unspecified atom stereocenters. The Kier molecular flexibility index (Phi) is 5.35. The Morgan fingerprint density at radius 3 is 3.00 bits per heavy atom. The number of methoxy groups -OCH3 is 1. The monoisotopic (exact) mass is 239 g/mol. The first-order chi connectivity index (χ1) is 8.17. The third-order valence-electron chi connectivity index (χ3n) is 2.31. The Balaban J connectivity index is 2.71. The van der Waals surface area contributed by atoms with Gasteiger partial charge in [-0.3, -0.25) is 10.1 Å². The fourth-order valence-corrected chi connectivity index (χ4v) is 1.57. The van der Waals surface area contributed by atoms with E-state index in [9.17, 15) is 10.1 Å². The maximum atomic E-state index is 10.6. The third kappa shape index (κ3) is 4.36. The van der Waals surface area contributed by atoms with Crippen LogP contribution < -0.4 is 5.32 Å². The number of aromatic nitrogens is 1. The second kappa shape index (κ2) is 6.80. The van der Waals surface area contributed by atoms with Crippen LogP contribution in [0.1, 0.15) is 19.8 Å². The van der Waals surface area contributed by atoms with E-state index in [2.05, 4.69) is 17.2 Å². The van der Waals surface area contributed by atoms with Crippen molar-refractivity contribution in [3.05, 3.63) is 28.4 Å². The van der Waals surface area contributed by atoms with Crippen LogP contribution in [0.15, 0.2) is 18.3 Å². The zero-order chi connectivity index (χ0) is 12.7. The van der Waals surface area contributed by atoms with Crippen molar-refractivity contribution >= 4 is 11.5 Å². The first kappa shape index (κ1) is 13.4. The molecule has 1 atom stereocenters. The Labute approximate surface area is 100 Å². The van der Waals surface area contributed by atoms with Crippen molar-refractivity contribution in [2.45, 2.75) is 25.8 Å². The molecular weight excluding hydrogens is 222 g/mol. The van der Waals surface area contributed by atoms with E-state index in [0.717, 1.165) is 12.8 Å². The van der Waals surface area contributed by atoms with Gasteiger partial charge in [-0.2, -0.15) is 0 Å². The van der Waals surface area contributed by atoms with Gasteiger partial charge in [-0.05, 0) is 6.42 Å². The van der Waals surface area contributed by atoms with Crippen molar-refractivity contribution in [1.29, 1.82) is 0 Å². The van der Waals surface area contributed by atoms with E-state index in [1.807, 2.05) is 0 Å². The predicted molar refractivity (Wildman–Crippen MR) is 65.1 cm³/mol. The second-order valence-corrected chi connectivity index (χ2v) is 3.74. The van der Waals surface area contributed by atoms with Crippen LogP contribution in [0.5, 0.6) is 0 Å². The van der Waals surface area contributed by atoms with Crippen molar-refractivity contribution in [3.8, 4) is 0 Å². The van der Waals surface area contributed by atoms with E-state index in [-0.39, 0.29) is 11.7 Å². The summed E-state index contributed by atoms with van der Waals surface area (Å²) in [5.74, 6) is 0.509. The Hall–Kier alpha value is -1.69. The van der Waals surface area contributed by atoms with E-state index in [0.29, 0.717) is 12.4 Å². The standard InChI is InChI=1S/C11H17N3O3/c1-3-4-9(8-17-2)13-11-7-10(14(15)16)5-6-12-11/h5-7,9H,3-4,8H2,1-2H3,(H,12,13). The lowest BCUT2D eigenvalue weighted by Gasteiger charge is -2.17. The molecule has 1 aromatic heterocycles. The molecule has 0 fully saturated rings. The number of anilines is 1. The maximum Gasteiger partial charge on any atom is 0.274 e. The number of nitrogens with zero attached hydrogens (tertiary/aromatic N) is 2. The van der Waals surface area contributed by atoms with Gasteiger partial charge in [0, 0.05) is 19.4 Å². The van der Waals surface area contributed by atoms with Gasteiger partial charge in [-0.1, -0.05) is 13.3 Å². The normalized spacial score (nSPS) is 12.1. The minimum Gasteiger partial charge on any atom is -0.383 e. The molecular formula is C11H17N3O3. The van der Waals surface area contributed by atoms with Gasteiger partial charge in [0.15, 0.2) is 0 Å². The molecule has 0 spiro atoms. The van der Waals surface area contributed by atoms with E-state index in [4.69, 9.17) is 4.74 Å². The minimum atomic E-state index is -0.433. The highest BCUT2D eigenvalue weighted by Gasteiger charge is 2.11. The number of hydrogen-bond donors (Lipinski definition) is 1. The largest absolute Gasteiger partial charge is 0.383 e.